The lowest BCUT2D eigenvalue weighted by Crippen LogP contribution is -2.09. The Morgan fingerprint density at radius 2 is 1.19 bits per heavy atom. The van der Waals surface area contributed by atoms with Crippen LogP contribution in [-0.4, -0.2) is 23.4 Å². The summed E-state index contributed by atoms with van der Waals surface area (Å²) in [5.74, 6) is 0.119. The van der Waals surface area contributed by atoms with Crippen LogP contribution in [-0.2, 0) is 19.7 Å². The molecule has 3 rings (SSSR count). The average molecular weight is 402 g/mol. The molecule has 0 aliphatic carbocycles. The third-order valence-electron chi connectivity index (χ3n) is 3.92. The van der Waals surface area contributed by atoms with Crippen LogP contribution in [0.15, 0.2) is 98.4 Å². The van der Waals surface area contributed by atoms with Gasteiger partial charge in [0.25, 0.3) is 0 Å². The highest BCUT2D eigenvalue weighted by molar-refractivity contribution is 7.92. The second-order valence-corrected chi connectivity index (χ2v) is 9.54. The van der Waals surface area contributed by atoms with Gasteiger partial charge in [0.1, 0.15) is 10.6 Å². The minimum absolute atomic E-state index is 0.0696. The third-order valence-corrected chi connectivity index (χ3v) is 7.48. The average Bonchev–Trinajstić information content (AvgIpc) is 2.69. The van der Waals surface area contributed by atoms with Crippen molar-refractivity contribution in [2.45, 2.75) is 26.5 Å². The molecule has 140 valence electrons. The number of ether oxygens (including phenoxy) is 1. The van der Waals surface area contributed by atoms with E-state index >= 15 is 0 Å². The van der Waals surface area contributed by atoms with E-state index in [1.54, 1.807) is 43.3 Å². The maximum Gasteiger partial charge on any atom is 0.210 e. The topological polar surface area (TPSA) is 77.5 Å². The van der Waals surface area contributed by atoms with E-state index in [2.05, 4.69) is 0 Å². The molecule has 27 heavy (non-hydrogen) atoms. The summed E-state index contributed by atoms with van der Waals surface area (Å²) < 4.78 is 57.4. The molecule has 0 aliphatic rings. The van der Waals surface area contributed by atoms with Crippen molar-refractivity contribution >= 4 is 19.7 Å². The Morgan fingerprint density at radius 1 is 0.667 bits per heavy atom. The molecule has 5 nitrogen and oxygen atoms in total. The van der Waals surface area contributed by atoms with E-state index in [4.69, 9.17) is 4.74 Å². The summed E-state index contributed by atoms with van der Waals surface area (Å²) in [5, 5.41) is 0. The molecule has 3 aromatic carbocycles. The first-order valence-corrected chi connectivity index (χ1v) is 11.2. The lowest BCUT2D eigenvalue weighted by atomic mass is 10.3. The summed E-state index contributed by atoms with van der Waals surface area (Å²) in [5.41, 5.74) is 0. The molecule has 3 aromatic rings. The number of hydrogen-bond acceptors (Lipinski definition) is 5. The van der Waals surface area contributed by atoms with Crippen LogP contribution in [0.1, 0.15) is 6.92 Å². The minimum Gasteiger partial charge on any atom is -0.492 e. The molecule has 0 saturated carbocycles. The zero-order valence-electron chi connectivity index (χ0n) is 14.6. The van der Waals surface area contributed by atoms with E-state index in [0.29, 0.717) is 0 Å². The second kappa shape index (κ2) is 7.54. The van der Waals surface area contributed by atoms with E-state index in [-0.39, 0.29) is 31.9 Å². The number of rotatable bonds is 6. The van der Waals surface area contributed by atoms with Gasteiger partial charge in [0.15, 0.2) is 0 Å². The highest BCUT2D eigenvalue weighted by Crippen LogP contribution is 2.33. The Balaban J connectivity index is 2.21. The number of hydrogen-bond donors (Lipinski definition) is 0. The van der Waals surface area contributed by atoms with E-state index in [1.807, 2.05) is 0 Å². The van der Waals surface area contributed by atoms with E-state index in [0.717, 1.165) is 6.07 Å². The van der Waals surface area contributed by atoms with Gasteiger partial charge in [-0.15, -0.1) is 0 Å². The Bertz CT molecular complexity index is 1140. The normalized spacial score (nSPS) is 11.9. The van der Waals surface area contributed by atoms with Crippen LogP contribution >= 0.6 is 0 Å². The third kappa shape index (κ3) is 3.74. The Kier molecular flexibility index (Phi) is 5.34. The van der Waals surface area contributed by atoms with Crippen molar-refractivity contribution in [3.8, 4) is 5.75 Å². The van der Waals surface area contributed by atoms with Gasteiger partial charge >= 0.3 is 0 Å². The van der Waals surface area contributed by atoms with Crippen molar-refractivity contribution in [3.63, 3.8) is 0 Å². The number of benzene rings is 3. The van der Waals surface area contributed by atoms with Gasteiger partial charge in [0.2, 0.25) is 19.7 Å². The lowest BCUT2D eigenvalue weighted by Gasteiger charge is -2.13. The fourth-order valence-electron chi connectivity index (χ4n) is 2.60. The van der Waals surface area contributed by atoms with E-state index in [9.17, 15) is 16.8 Å². The first-order valence-electron chi connectivity index (χ1n) is 8.24. The molecule has 0 radical (unpaired) electrons. The molecule has 7 heteroatoms. The minimum atomic E-state index is -3.95. The standard InChI is InChI=1S/C20H18O5S2/c1-2-25-19-14-13-18(26(21,22)16-9-5-3-6-10-16)15-20(19)27(23,24)17-11-7-4-8-12-17/h3-15H,2H2,1H3. The quantitative estimate of drug-likeness (QED) is 0.627. The largest absolute Gasteiger partial charge is 0.492 e. The fourth-order valence-corrected chi connectivity index (χ4v) is 5.43. The maximum atomic E-state index is 13.1. The van der Waals surface area contributed by atoms with Crippen LogP contribution in [0, 0.1) is 0 Å². The fraction of sp³-hybridized carbons (Fsp3) is 0.100. The maximum absolute atomic E-state index is 13.1. The Labute approximate surface area is 159 Å². The molecule has 0 aromatic heterocycles. The van der Waals surface area contributed by atoms with Crippen LogP contribution in [0.25, 0.3) is 0 Å². The van der Waals surface area contributed by atoms with E-state index in [1.165, 1.54) is 36.4 Å². The smallest absolute Gasteiger partial charge is 0.210 e. The van der Waals surface area contributed by atoms with Crippen LogP contribution in [0.5, 0.6) is 5.75 Å². The van der Waals surface area contributed by atoms with Crippen molar-refractivity contribution in [1.29, 1.82) is 0 Å². The lowest BCUT2D eigenvalue weighted by molar-refractivity contribution is 0.330. The second-order valence-electron chi connectivity index (χ2n) is 5.67. The molecule has 0 unspecified atom stereocenters. The Hall–Kier alpha value is -2.64. The zero-order chi connectivity index (χ0) is 19.5. The number of sulfone groups is 2. The van der Waals surface area contributed by atoms with Gasteiger partial charge in [0, 0.05) is 0 Å². The molecule has 0 atom stereocenters. The SMILES string of the molecule is CCOc1ccc(S(=O)(=O)c2ccccc2)cc1S(=O)(=O)c1ccccc1. The first-order chi connectivity index (χ1) is 12.9. The summed E-state index contributed by atoms with van der Waals surface area (Å²) in [7, 11) is -7.80. The van der Waals surface area contributed by atoms with Gasteiger partial charge in [0.05, 0.1) is 21.3 Å². The summed E-state index contributed by atoms with van der Waals surface area (Å²) >= 11 is 0. The van der Waals surface area contributed by atoms with Crippen LogP contribution < -0.4 is 4.74 Å². The van der Waals surface area contributed by atoms with Gasteiger partial charge in [-0.25, -0.2) is 16.8 Å². The first kappa shape index (κ1) is 19.1. The van der Waals surface area contributed by atoms with E-state index < -0.39 is 19.7 Å². The van der Waals surface area contributed by atoms with Gasteiger partial charge < -0.3 is 4.74 Å². The van der Waals surface area contributed by atoms with Crippen molar-refractivity contribution in [2.24, 2.45) is 0 Å². The summed E-state index contributed by atoms with van der Waals surface area (Å²) in [6, 6.07) is 19.6. The molecule has 0 fully saturated rings. The molecule has 0 aliphatic heterocycles. The predicted molar refractivity (Wildman–Crippen MR) is 101 cm³/mol. The van der Waals surface area contributed by atoms with Gasteiger partial charge in [-0.3, -0.25) is 0 Å². The molecule has 0 bridgehead atoms. The van der Waals surface area contributed by atoms with Crippen LogP contribution in [0.2, 0.25) is 0 Å². The molecule has 0 saturated heterocycles. The zero-order valence-corrected chi connectivity index (χ0v) is 16.2. The van der Waals surface area contributed by atoms with Crippen molar-refractivity contribution < 1.29 is 21.6 Å². The highest BCUT2D eigenvalue weighted by Gasteiger charge is 2.26. The van der Waals surface area contributed by atoms with Crippen molar-refractivity contribution in [3.05, 3.63) is 78.9 Å². The molecule has 0 N–H and O–H groups in total. The molecular weight excluding hydrogens is 384 g/mol. The van der Waals surface area contributed by atoms with Crippen molar-refractivity contribution in [1.82, 2.24) is 0 Å². The summed E-state index contributed by atoms with van der Waals surface area (Å²) in [6.45, 7) is 1.98. The van der Waals surface area contributed by atoms with Gasteiger partial charge in [-0.2, -0.15) is 0 Å². The monoisotopic (exact) mass is 402 g/mol. The molecule has 0 amide bonds. The van der Waals surface area contributed by atoms with Gasteiger partial charge in [-0.05, 0) is 49.4 Å². The summed E-state index contributed by atoms with van der Waals surface area (Å²) in [4.78, 5) is -0.114. The molecule has 0 spiro atoms. The molecule has 0 heterocycles. The van der Waals surface area contributed by atoms with Crippen LogP contribution in [0.4, 0.5) is 0 Å². The van der Waals surface area contributed by atoms with Gasteiger partial charge in [-0.1, -0.05) is 36.4 Å². The van der Waals surface area contributed by atoms with Crippen LogP contribution in [0.3, 0.4) is 0 Å². The summed E-state index contributed by atoms with van der Waals surface area (Å²) in [6.07, 6.45) is 0. The van der Waals surface area contributed by atoms with Crippen molar-refractivity contribution in [2.75, 3.05) is 6.61 Å². The highest BCUT2D eigenvalue weighted by atomic mass is 32.2. The molecular formula is C20H18O5S2. The predicted octanol–water partition coefficient (Wildman–Crippen LogP) is 3.75. The Morgan fingerprint density at radius 3 is 1.70 bits per heavy atom.